The number of aromatic nitrogens is 2. The van der Waals surface area contributed by atoms with Crippen molar-refractivity contribution in [3.63, 3.8) is 0 Å². The highest BCUT2D eigenvalue weighted by molar-refractivity contribution is 5.95. The third-order valence-corrected chi connectivity index (χ3v) is 4.89. The van der Waals surface area contributed by atoms with Gasteiger partial charge in [-0.15, -0.1) is 12.4 Å². The molecule has 3 rings (SSSR count). The van der Waals surface area contributed by atoms with Crippen molar-refractivity contribution >= 4 is 18.3 Å². The number of nitrogens with one attached hydrogen (secondary N) is 1. The van der Waals surface area contributed by atoms with Gasteiger partial charge in [0.05, 0.1) is 11.3 Å². The molecule has 134 valence electrons. The molecule has 2 heterocycles. The summed E-state index contributed by atoms with van der Waals surface area (Å²) >= 11 is 0. The number of amides is 1. The van der Waals surface area contributed by atoms with Crippen LogP contribution in [0.4, 0.5) is 0 Å². The minimum Gasteiger partial charge on any atom is -0.338 e. The zero-order valence-corrected chi connectivity index (χ0v) is 15.7. The summed E-state index contributed by atoms with van der Waals surface area (Å²) in [6.45, 7) is 8.83. The highest BCUT2D eigenvalue weighted by atomic mass is 35.5. The SMILES string of the molecule is Cc1ncc(C(=O)N2CCC(NCC3CC3)CC2)c(C(C)C)n1.Cl. The molecule has 0 unspecified atom stereocenters. The summed E-state index contributed by atoms with van der Waals surface area (Å²) in [7, 11) is 0. The number of aryl methyl sites for hydroxylation is 1. The van der Waals surface area contributed by atoms with Crippen LogP contribution in [0.2, 0.25) is 0 Å². The predicted molar refractivity (Wildman–Crippen MR) is 97.8 cm³/mol. The third kappa shape index (κ3) is 4.67. The molecule has 1 saturated heterocycles. The lowest BCUT2D eigenvalue weighted by molar-refractivity contribution is 0.0702. The fourth-order valence-corrected chi connectivity index (χ4v) is 3.20. The molecule has 1 saturated carbocycles. The Labute approximate surface area is 151 Å². The van der Waals surface area contributed by atoms with E-state index in [-0.39, 0.29) is 24.2 Å². The number of rotatable bonds is 5. The molecular formula is C18H29ClN4O. The van der Waals surface area contributed by atoms with Crippen molar-refractivity contribution in [2.24, 2.45) is 5.92 Å². The summed E-state index contributed by atoms with van der Waals surface area (Å²) in [4.78, 5) is 23.5. The summed E-state index contributed by atoms with van der Waals surface area (Å²) in [5.74, 6) is 1.96. The van der Waals surface area contributed by atoms with Gasteiger partial charge in [-0.25, -0.2) is 9.97 Å². The number of carbonyl (C=O) groups excluding carboxylic acids is 1. The van der Waals surface area contributed by atoms with E-state index in [0.29, 0.717) is 11.6 Å². The number of carbonyl (C=O) groups is 1. The fraction of sp³-hybridized carbons (Fsp3) is 0.722. The zero-order valence-electron chi connectivity index (χ0n) is 14.9. The van der Waals surface area contributed by atoms with E-state index in [1.807, 2.05) is 11.8 Å². The van der Waals surface area contributed by atoms with Gasteiger partial charge in [-0.2, -0.15) is 0 Å². The Morgan fingerprint density at radius 1 is 1.29 bits per heavy atom. The second-order valence-electron chi connectivity index (χ2n) is 7.29. The van der Waals surface area contributed by atoms with Crippen LogP contribution in [-0.2, 0) is 0 Å². The van der Waals surface area contributed by atoms with Crippen molar-refractivity contribution in [1.29, 1.82) is 0 Å². The average Bonchev–Trinajstić information content (AvgIpc) is 3.37. The van der Waals surface area contributed by atoms with Crippen molar-refractivity contribution in [3.05, 3.63) is 23.3 Å². The molecule has 0 radical (unpaired) electrons. The Kier molecular flexibility index (Phi) is 6.58. The van der Waals surface area contributed by atoms with E-state index < -0.39 is 0 Å². The summed E-state index contributed by atoms with van der Waals surface area (Å²) < 4.78 is 0. The van der Waals surface area contributed by atoms with Gasteiger partial charge in [-0.05, 0) is 51.0 Å². The van der Waals surface area contributed by atoms with E-state index >= 15 is 0 Å². The fourth-order valence-electron chi connectivity index (χ4n) is 3.20. The van der Waals surface area contributed by atoms with Gasteiger partial charge < -0.3 is 10.2 Å². The number of halogens is 1. The second-order valence-corrected chi connectivity index (χ2v) is 7.29. The van der Waals surface area contributed by atoms with Gasteiger partial charge in [0.25, 0.3) is 5.91 Å². The quantitative estimate of drug-likeness (QED) is 0.885. The Bertz CT molecular complexity index is 566. The Morgan fingerprint density at radius 3 is 2.54 bits per heavy atom. The maximum absolute atomic E-state index is 12.8. The van der Waals surface area contributed by atoms with E-state index in [9.17, 15) is 4.79 Å². The highest BCUT2D eigenvalue weighted by Gasteiger charge is 2.28. The van der Waals surface area contributed by atoms with Gasteiger partial charge in [-0.1, -0.05) is 13.8 Å². The zero-order chi connectivity index (χ0) is 16.4. The van der Waals surface area contributed by atoms with Crippen molar-refractivity contribution in [2.75, 3.05) is 19.6 Å². The van der Waals surface area contributed by atoms with Crippen molar-refractivity contribution < 1.29 is 4.79 Å². The first kappa shape index (κ1) is 19.1. The molecule has 1 N–H and O–H groups in total. The van der Waals surface area contributed by atoms with Gasteiger partial charge in [0.15, 0.2) is 0 Å². The molecule has 0 atom stereocenters. The first-order chi connectivity index (χ1) is 11.0. The molecule has 1 aromatic rings. The van der Waals surface area contributed by atoms with Gasteiger partial charge in [0.2, 0.25) is 0 Å². The van der Waals surface area contributed by atoms with E-state index in [1.54, 1.807) is 6.20 Å². The van der Waals surface area contributed by atoms with Gasteiger partial charge in [0.1, 0.15) is 5.82 Å². The number of likely N-dealkylation sites (tertiary alicyclic amines) is 1. The monoisotopic (exact) mass is 352 g/mol. The second kappa shape index (κ2) is 8.26. The van der Waals surface area contributed by atoms with Gasteiger partial charge in [-0.3, -0.25) is 4.79 Å². The van der Waals surface area contributed by atoms with Crippen LogP contribution >= 0.6 is 12.4 Å². The van der Waals surface area contributed by atoms with Crippen LogP contribution in [0.25, 0.3) is 0 Å². The lowest BCUT2D eigenvalue weighted by Crippen LogP contribution is -2.45. The third-order valence-electron chi connectivity index (χ3n) is 4.89. The largest absolute Gasteiger partial charge is 0.338 e. The number of nitrogens with zero attached hydrogens (tertiary/aromatic N) is 3. The van der Waals surface area contributed by atoms with Crippen LogP contribution in [0.1, 0.15) is 67.3 Å². The summed E-state index contributed by atoms with van der Waals surface area (Å²) in [5, 5.41) is 3.66. The molecule has 5 nitrogen and oxygen atoms in total. The Morgan fingerprint density at radius 2 is 1.96 bits per heavy atom. The minimum atomic E-state index is 0. The van der Waals surface area contributed by atoms with Gasteiger partial charge in [0, 0.05) is 25.3 Å². The topological polar surface area (TPSA) is 58.1 Å². The van der Waals surface area contributed by atoms with Crippen molar-refractivity contribution in [3.8, 4) is 0 Å². The van der Waals surface area contributed by atoms with Crippen LogP contribution in [0.15, 0.2) is 6.20 Å². The first-order valence-electron chi connectivity index (χ1n) is 8.90. The van der Waals surface area contributed by atoms with Gasteiger partial charge >= 0.3 is 0 Å². The highest BCUT2D eigenvalue weighted by Crippen LogP contribution is 2.28. The van der Waals surface area contributed by atoms with E-state index in [2.05, 4.69) is 29.1 Å². The van der Waals surface area contributed by atoms with E-state index in [4.69, 9.17) is 0 Å². The summed E-state index contributed by atoms with van der Waals surface area (Å²) in [6.07, 6.45) is 6.56. The normalized spacial score (nSPS) is 18.6. The molecule has 1 aliphatic carbocycles. The van der Waals surface area contributed by atoms with Crippen molar-refractivity contribution in [2.45, 2.75) is 58.4 Å². The molecule has 0 bridgehead atoms. The molecule has 1 amide bonds. The van der Waals surface area contributed by atoms with Crippen LogP contribution in [-0.4, -0.2) is 46.5 Å². The standard InChI is InChI=1S/C18H28N4O.ClH/c1-12(2)17-16(11-19-13(3)21-17)18(23)22-8-6-15(7-9-22)20-10-14-4-5-14;/h11-12,14-15,20H,4-10H2,1-3H3;1H. The lowest BCUT2D eigenvalue weighted by atomic mass is 10.0. The molecule has 2 aliphatic rings. The lowest BCUT2D eigenvalue weighted by Gasteiger charge is -2.33. The maximum Gasteiger partial charge on any atom is 0.257 e. The maximum atomic E-state index is 12.8. The Hall–Kier alpha value is -1.20. The smallest absolute Gasteiger partial charge is 0.257 e. The molecule has 2 fully saturated rings. The van der Waals surface area contributed by atoms with Crippen LogP contribution in [0.5, 0.6) is 0 Å². The predicted octanol–water partition coefficient (Wildman–Crippen LogP) is 2.93. The van der Waals surface area contributed by atoms with Crippen LogP contribution in [0.3, 0.4) is 0 Å². The summed E-state index contributed by atoms with van der Waals surface area (Å²) in [5.41, 5.74) is 1.55. The van der Waals surface area contributed by atoms with Crippen LogP contribution in [0, 0.1) is 12.8 Å². The number of piperidine rings is 1. The molecule has 1 aliphatic heterocycles. The van der Waals surface area contributed by atoms with E-state index in [0.717, 1.165) is 49.9 Å². The minimum absolute atomic E-state index is 0. The molecule has 0 aromatic carbocycles. The molecule has 0 spiro atoms. The molecular weight excluding hydrogens is 324 g/mol. The molecule has 6 heteroatoms. The number of hydrogen-bond acceptors (Lipinski definition) is 4. The first-order valence-corrected chi connectivity index (χ1v) is 8.90. The summed E-state index contributed by atoms with van der Waals surface area (Å²) in [6, 6.07) is 0.568. The Balaban J connectivity index is 0.00000208. The van der Waals surface area contributed by atoms with Crippen molar-refractivity contribution in [1.82, 2.24) is 20.2 Å². The average molecular weight is 353 g/mol. The molecule has 24 heavy (non-hydrogen) atoms. The van der Waals surface area contributed by atoms with E-state index in [1.165, 1.54) is 12.8 Å². The van der Waals surface area contributed by atoms with Crippen LogP contribution < -0.4 is 5.32 Å². The number of hydrogen-bond donors (Lipinski definition) is 1. The molecule has 1 aromatic heterocycles.